The summed E-state index contributed by atoms with van der Waals surface area (Å²) in [5.41, 5.74) is 0.594. The Labute approximate surface area is 98.8 Å². The zero-order valence-corrected chi connectivity index (χ0v) is 9.33. The summed E-state index contributed by atoms with van der Waals surface area (Å²) < 4.78 is 28.8. The quantitative estimate of drug-likeness (QED) is 0.805. The molecule has 1 fully saturated rings. The summed E-state index contributed by atoms with van der Waals surface area (Å²) in [4.78, 5) is 0. The van der Waals surface area contributed by atoms with Gasteiger partial charge in [-0.25, -0.2) is 8.78 Å². The van der Waals surface area contributed by atoms with E-state index in [1.807, 2.05) is 0 Å². The van der Waals surface area contributed by atoms with Gasteiger partial charge in [0.1, 0.15) is 12.4 Å². The van der Waals surface area contributed by atoms with Crippen LogP contribution in [0.4, 0.5) is 8.78 Å². The highest BCUT2D eigenvalue weighted by molar-refractivity contribution is 5.38. The maximum absolute atomic E-state index is 11.9. The highest BCUT2D eigenvalue weighted by Gasteiger charge is 2.38. The lowest BCUT2D eigenvalue weighted by Crippen LogP contribution is -2.32. The van der Waals surface area contributed by atoms with Gasteiger partial charge in [-0.3, -0.25) is 0 Å². The number of nitrogens with zero attached hydrogens (tertiary/aromatic N) is 1. The van der Waals surface area contributed by atoms with Gasteiger partial charge in [0.2, 0.25) is 0 Å². The molecule has 0 unspecified atom stereocenters. The van der Waals surface area contributed by atoms with Gasteiger partial charge in [-0.1, -0.05) is 12.1 Å². The third kappa shape index (κ3) is 2.38. The van der Waals surface area contributed by atoms with Crippen LogP contribution in [0.15, 0.2) is 24.3 Å². The molecule has 0 spiro atoms. The average molecular weight is 237 g/mol. The fraction of sp³-hybridized carbons (Fsp3) is 0.462. The number of benzene rings is 1. The van der Waals surface area contributed by atoms with Gasteiger partial charge in [-0.05, 0) is 37.0 Å². The number of rotatable bonds is 4. The Morgan fingerprint density at radius 3 is 2.35 bits per heavy atom. The normalized spacial score (nSPS) is 17.3. The molecule has 17 heavy (non-hydrogen) atoms. The third-order valence-electron chi connectivity index (χ3n) is 3.20. The van der Waals surface area contributed by atoms with E-state index >= 15 is 0 Å². The Morgan fingerprint density at radius 2 is 1.94 bits per heavy atom. The Bertz CT molecular complexity index is 418. The molecule has 1 aliphatic rings. The maximum Gasteiger partial charge on any atom is 0.272 e. The van der Waals surface area contributed by atoms with Gasteiger partial charge >= 0.3 is 0 Å². The second kappa shape index (κ2) is 4.70. The van der Waals surface area contributed by atoms with E-state index in [1.165, 1.54) is 0 Å². The van der Waals surface area contributed by atoms with E-state index in [0.29, 0.717) is 5.75 Å². The molecule has 0 atom stereocenters. The van der Waals surface area contributed by atoms with Crippen molar-refractivity contribution in [3.63, 3.8) is 0 Å². The first-order valence-electron chi connectivity index (χ1n) is 5.59. The van der Waals surface area contributed by atoms with E-state index in [9.17, 15) is 8.78 Å². The van der Waals surface area contributed by atoms with Crippen LogP contribution in [0.5, 0.6) is 5.75 Å². The van der Waals surface area contributed by atoms with Crippen molar-refractivity contribution in [3.05, 3.63) is 29.8 Å². The van der Waals surface area contributed by atoms with E-state index in [4.69, 9.17) is 10.00 Å². The Hall–Kier alpha value is -1.63. The molecule has 0 radical (unpaired) electrons. The summed E-state index contributed by atoms with van der Waals surface area (Å²) in [5.74, 6) is 0.418. The minimum Gasteiger partial charge on any atom is -0.488 e. The van der Waals surface area contributed by atoms with Gasteiger partial charge in [0.15, 0.2) is 0 Å². The molecule has 0 aliphatic heterocycles. The summed E-state index contributed by atoms with van der Waals surface area (Å²) in [6.45, 7) is -0.595. The summed E-state index contributed by atoms with van der Waals surface area (Å²) >= 11 is 0. The van der Waals surface area contributed by atoms with Crippen molar-refractivity contribution in [1.82, 2.24) is 0 Å². The lowest BCUT2D eigenvalue weighted by atomic mass is 9.65. The van der Waals surface area contributed by atoms with Gasteiger partial charge in [0, 0.05) is 0 Å². The third-order valence-corrected chi connectivity index (χ3v) is 3.20. The van der Waals surface area contributed by atoms with Crippen molar-refractivity contribution in [2.24, 2.45) is 0 Å². The van der Waals surface area contributed by atoms with Crippen molar-refractivity contribution in [2.45, 2.75) is 31.1 Å². The van der Waals surface area contributed by atoms with E-state index in [-0.39, 0.29) is 5.41 Å². The molecule has 0 heterocycles. The SMILES string of the molecule is N#CC1(c2ccc(OCC(F)F)cc2)CCC1. The summed E-state index contributed by atoms with van der Waals surface area (Å²) in [6, 6.07) is 9.23. The van der Waals surface area contributed by atoms with Crippen LogP contribution in [0.2, 0.25) is 0 Å². The van der Waals surface area contributed by atoms with Gasteiger partial charge < -0.3 is 4.74 Å². The van der Waals surface area contributed by atoms with Crippen LogP contribution in [-0.4, -0.2) is 13.0 Å². The molecule has 2 nitrogen and oxygen atoms in total. The lowest BCUT2D eigenvalue weighted by Gasteiger charge is -2.35. The van der Waals surface area contributed by atoms with Crippen molar-refractivity contribution >= 4 is 0 Å². The average Bonchev–Trinajstić information content (AvgIpc) is 2.27. The second-order valence-corrected chi connectivity index (χ2v) is 4.27. The standard InChI is InChI=1S/C13H13F2NO/c14-12(15)8-17-11-4-2-10(3-5-11)13(9-16)6-1-7-13/h2-5,12H,1,6-8H2. The fourth-order valence-corrected chi connectivity index (χ4v) is 2.02. The number of hydrogen-bond donors (Lipinski definition) is 0. The van der Waals surface area contributed by atoms with Crippen molar-refractivity contribution < 1.29 is 13.5 Å². The number of hydrogen-bond acceptors (Lipinski definition) is 2. The molecule has 0 N–H and O–H groups in total. The van der Waals surface area contributed by atoms with Crippen molar-refractivity contribution in [2.75, 3.05) is 6.61 Å². The topological polar surface area (TPSA) is 33.0 Å². The number of nitriles is 1. The lowest BCUT2D eigenvalue weighted by molar-refractivity contribution is 0.0819. The fourth-order valence-electron chi connectivity index (χ4n) is 2.02. The first-order valence-corrected chi connectivity index (χ1v) is 5.59. The van der Waals surface area contributed by atoms with Crippen molar-refractivity contribution in [1.29, 1.82) is 5.26 Å². The molecule has 90 valence electrons. The first-order chi connectivity index (χ1) is 8.16. The van der Waals surface area contributed by atoms with Gasteiger partial charge in [-0.2, -0.15) is 5.26 Å². The highest BCUT2D eigenvalue weighted by Crippen LogP contribution is 2.43. The molecule has 0 bridgehead atoms. The largest absolute Gasteiger partial charge is 0.488 e. The summed E-state index contributed by atoms with van der Waals surface area (Å²) in [6.07, 6.45) is 0.352. The Balaban J connectivity index is 2.06. The van der Waals surface area contributed by atoms with E-state index in [1.54, 1.807) is 24.3 Å². The minimum atomic E-state index is -2.47. The van der Waals surface area contributed by atoms with Crippen LogP contribution >= 0.6 is 0 Å². The first kappa shape index (κ1) is 11.8. The van der Waals surface area contributed by atoms with Crippen LogP contribution < -0.4 is 4.74 Å². The van der Waals surface area contributed by atoms with Gasteiger partial charge in [-0.15, -0.1) is 0 Å². The number of ether oxygens (including phenoxy) is 1. The molecule has 1 aromatic rings. The van der Waals surface area contributed by atoms with Crippen LogP contribution in [0.1, 0.15) is 24.8 Å². The number of alkyl halides is 2. The Morgan fingerprint density at radius 1 is 1.29 bits per heavy atom. The number of halogens is 2. The predicted molar refractivity (Wildman–Crippen MR) is 59.1 cm³/mol. The Kier molecular flexibility index (Phi) is 3.28. The predicted octanol–water partition coefficient (Wildman–Crippen LogP) is 3.28. The summed E-state index contributed by atoms with van der Waals surface area (Å²) in [5, 5.41) is 9.15. The van der Waals surface area contributed by atoms with Gasteiger partial charge in [0.05, 0.1) is 11.5 Å². The molecule has 2 rings (SSSR count). The zero-order chi connectivity index (χ0) is 12.3. The molecule has 1 aliphatic carbocycles. The minimum absolute atomic E-state index is 0.360. The van der Waals surface area contributed by atoms with E-state index in [0.717, 1.165) is 24.8 Å². The zero-order valence-electron chi connectivity index (χ0n) is 9.33. The van der Waals surface area contributed by atoms with E-state index in [2.05, 4.69) is 6.07 Å². The molecule has 0 aromatic heterocycles. The second-order valence-electron chi connectivity index (χ2n) is 4.27. The molecule has 4 heteroatoms. The molecule has 1 aromatic carbocycles. The summed E-state index contributed by atoms with van der Waals surface area (Å²) in [7, 11) is 0. The van der Waals surface area contributed by atoms with Crippen LogP contribution in [0, 0.1) is 11.3 Å². The van der Waals surface area contributed by atoms with Crippen LogP contribution in [-0.2, 0) is 5.41 Å². The molecular formula is C13H13F2NO. The highest BCUT2D eigenvalue weighted by atomic mass is 19.3. The smallest absolute Gasteiger partial charge is 0.272 e. The molecule has 0 saturated heterocycles. The molecule has 1 saturated carbocycles. The molecule has 0 amide bonds. The maximum atomic E-state index is 11.9. The van der Waals surface area contributed by atoms with E-state index < -0.39 is 13.0 Å². The van der Waals surface area contributed by atoms with Gasteiger partial charge in [0.25, 0.3) is 6.43 Å². The van der Waals surface area contributed by atoms with Crippen LogP contribution in [0.25, 0.3) is 0 Å². The monoisotopic (exact) mass is 237 g/mol. The van der Waals surface area contributed by atoms with Crippen molar-refractivity contribution in [3.8, 4) is 11.8 Å². The molecular weight excluding hydrogens is 224 g/mol. The van der Waals surface area contributed by atoms with Crippen LogP contribution in [0.3, 0.4) is 0 Å².